The second-order valence-corrected chi connectivity index (χ2v) is 7.75. The summed E-state index contributed by atoms with van der Waals surface area (Å²) >= 11 is 5.96. The Hall–Kier alpha value is -4.17. The Morgan fingerprint density at radius 1 is 0.912 bits per heavy atom. The van der Waals surface area contributed by atoms with E-state index in [0.717, 1.165) is 11.1 Å². The van der Waals surface area contributed by atoms with Gasteiger partial charge < -0.3 is 15.4 Å². The molecule has 3 amide bonds. The Morgan fingerprint density at radius 3 is 2.47 bits per heavy atom. The van der Waals surface area contributed by atoms with Crippen LogP contribution in [0.3, 0.4) is 0 Å². The van der Waals surface area contributed by atoms with Gasteiger partial charge in [0.1, 0.15) is 5.75 Å². The summed E-state index contributed by atoms with van der Waals surface area (Å²) < 4.78 is 5.54. The SMILES string of the molecule is Cc1ccc(NC(=O)COc2cccc(/C=N\NC(=O)C(=O)Nc3ccccc3Cl)c2)cc1C. The first-order valence-electron chi connectivity index (χ1n) is 10.3. The van der Waals surface area contributed by atoms with Crippen molar-refractivity contribution in [2.24, 2.45) is 5.10 Å². The summed E-state index contributed by atoms with van der Waals surface area (Å²) in [5, 5.41) is 9.29. The zero-order valence-electron chi connectivity index (χ0n) is 18.6. The molecule has 0 unspecified atom stereocenters. The lowest BCUT2D eigenvalue weighted by Crippen LogP contribution is -2.32. The number of hydrogen-bond donors (Lipinski definition) is 3. The average molecular weight is 479 g/mol. The van der Waals surface area contributed by atoms with E-state index in [2.05, 4.69) is 21.2 Å². The summed E-state index contributed by atoms with van der Waals surface area (Å²) in [5.74, 6) is -1.70. The molecule has 0 saturated heterocycles. The third kappa shape index (κ3) is 7.18. The zero-order chi connectivity index (χ0) is 24.5. The molecule has 174 valence electrons. The van der Waals surface area contributed by atoms with Gasteiger partial charge in [0.05, 0.1) is 16.9 Å². The lowest BCUT2D eigenvalue weighted by atomic mass is 10.1. The van der Waals surface area contributed by atoms with Crippen LogP contribution in [0.25, 0.3) is 0 Å². The Labute approximate surface area is 202 Å². The molecule has 0 bridgehead atoms. The zero-order valence-corrected chi connectivity index (χ0v) is 19.3. The molecule has 3 aromatic carbocycles. The maximum absolute atomic E-state index is 12.2. The minimum Gasteiger partial charge on any atom is -0.484 e. The Balaban J connectivity index is 1.49. The molecule has 0 aliphatic rings. The highest BCUT2D eigenvalue weighted by Gasteiger charge is 2.14. The molecule has 0 fully saturated rings. The average Bonchev–Trinajstić information content (AvgIpc) is 2.82. The van der Waals surface area contributed by atoms with Crippen molar-refractivity contribution in [3.05, 3.63) is 88.4 Å². The third-order valence-corrected chi connectivity index (χ3v) is 5.06. The molecule has 8 nitrogen and oxygen atoms in total. The van der Waals surface area contributed by atoms with Gasteiger partial charge in [-0.05, 0) is 66.9 Å². The van der Waals surface area contributed by atoms with Gasteiger partial charge in [-0.15, -0.1) is 0 Å². The van der Waals surface area contributed by atoms with Crippen molar-refractivity contribution in [1.82, 2.24) is 5.43 Å². The molecule has 0 aliphatic carbocycles. The maximum Gasteiger partial charge on any atom is 0.329 e. The quantitative estimate of drug-likeness (QED) is 0.270. The number of aryl methyl sites for hydroxylation is 2. The van der Waals surface area contributed by atoms with E-state index in [1.165, 1.54) is 6.21 Å². The number of carbonyl (C=O) groups excluding carboxylic acids is 3. The first-order chi connectivity index (χ1) is 16.3. The van der Waals surface area contributed by atoms with Gasteiger partial charge in [0, 0.05) is 5.69 Å². The molecule has 0 saturated carbocycles. The van der Waals surface area contributed by atoms with Crippen LogP contribution in [0.5, 0.6) is 5.75 Å². The molecule has 0 atom stereocenters. The predicted molar refractivity (Wildman–Crippen MR) is 132 cm³/mol. The van der Waals surface area contributed by atoms with E-state index < -0.39 is 11.8 Å². The van der Waals surface area contributed by atoms with Crippen LogP contribution in [0.4, 0.5) is 11.4 Å². The van der Waals surface area contributed by atoms with Crippen molar-refractivity contribution in [1.29, 1.82) is 0 Å². The van der Waals surface area contributed by atoms with Crippen molar-refractivity contribution < 1.29 is 19.1 Å². The number of para-hydroxylation sites is 1. The molecule has 3 rings (SSSR count). The largest absolute Gasteiger partial charge is 0.484 e. The highest BCUT2D eigenvalue weighted by atomic mass is 35.5. The predicted octanol–water partition coefficient (Wildman–Crippen LogP) is 4.06. The summed E-state index contributed by atoms with van der Waals surface area (Å²) in [5.41, 5.74) is 5.99. The van der Waals surface area contributed by atoms with Crippen LogP contribution in [0.2, 0.25) is 5.02 Å². The van der Waals surface area contributed by atoms with E-state index in [1.54, 1.807) is 48.5 Å². The summed E-state index contributed by atoms with van der Waals surface area (Å²) in [6.45, 7) is 3.80. The van der Waals surface area contributed by atoms with E-state index in [-0.39, 0.29) is 12.5 Å². The van der Waals surface area contributed by atoms with E-state index in [9.17, 15) is 14.4 Å². The molecule has 0 heterocycles. The Bertz CT molecular complexity index is 1240. The van der Waals surface area contributed by atoms with Crippen LogP contribution in [-0.4, -0.2) is 30.5 Å². The lowest BCUT2D eigenvalue weighted by molar-refractivity contribution is -0.136. The van der Waals surface area contributed by atoms with Gasteiger partial charge in [-0.25, -0.2) is 5.43 Å². The number of nitrogens with zero attached hydrogens (tertiary/aromatic N) is 1. The number of carbonyl (C=O) groups is 3. The van der Waals surface area contributed by atoms with Gasteiger partial charge in [-0.3, -0.25) is 14.4 Å². The number of hydrogen-bond acceptors (Lipinski definition) is 5. The van der Waals surface area contributed by atoms with Gasteiger partial charge in [-0.1, -0.05) is 41.9 Å². The van der Waals surface area contributed by atoms with Gasteiger partial charge in [0.25, 0.3) is 5.91 Å². The number of halogens is 1. The fourth-order valence-electron chi connectivity index (χ4n) is 2.81. The number of rotatable bonds is 7. The topological polar surface area (TPSA) is 109 Å². The Morgan fingerprint density at radius 2 is 1.71 bits per heavy atom. The minimum absolute atomic E-state index is 0.174. The molecular formula is C25H23ClN4O4. The van der Waals surface area contributed by atoms with Crippen LogP contribution >= 0.6 is 11.6 Å². The van der Waals surface area contributed by atoms with E-state index in [0.29, 0.717) is 27.7 Å². The first-order valence-corrected chi connectivity index (χ1v) is 10.7. The van der Waals surface area contributed by atoms with Gasteiger partial charge >= 0.3 is 11.8 Å². The summed E-state index contributed by atoms with van der Waals surface area (Å²) in [4.78, 5) is 36.1. The fraction of sp³-hybridized carbons (Fsp3) is 0.120. The van der Waals surface area contributed by atoms with Crippen LogP contribution in [-0.2, 0) is 14.4 Å². The second-order valence-electron chi connectivity index (χ2n) is 7.34. The normalized spacial score (nSPS) is 10.6. The summed E-state index contributed by atoms with van der Waals surface area (Å²) in [7, 11) is 0. The number of benzene rings is 3. The second kappa shape index (κ2) is 11.6. The standard InChI is InChI=1S/C25H23ClN4O4/c1-16-10-11-19(12-17(16)2)28-23(31)15-34-20-7-5-6-18(13-20)14-27-30-25(33)24(32)29-22-9-4-3-8-21(22)26/h3-14H,15H2,1-2H3,(H,28,31)(H,29,32)(H,30,33)/b27-14-. The summed E-state index contributed by atoms with van der Waals surface area (Å²) in [6, 6.07) is 19.0. The van der Waals surface area contributed by atoms with Crippen LogP contribution in [0.1, 0.15) is 16.7 Å². The van der Waals surface area contributed by atoms with E-state index in [4.69, 9.17) is 16.3 Å². The van der Waals surface area contributed by atoms with Crippen molar-refractivity contribution in [3.63, 3.8) is 0 Å². The van der Waals surface area contributed by atoms with Crippen molar-refractivity contribution in [2.45, 2.75) is 13.8 Å². The number of hydrazone groups is 1. The molecule has 0 aromatic heterocycles. The molecule has 9 heteroatoms. The molecule has 3 N–H and O–H groups in total. The number of anilines is 2. The lowest BCUT2D eigenvalue weighted by Gasteiger charge is -2.09. The van der Waals surface area contributed by atoms with Crippen LogP contribution in [0, 0.1) is 13.8 Å². The van der Waals surface area contributed by atoms with Crippen molar-refractivity contribution in [2.75, 3.05) is 17.2 Å². The molecule has 0 spiro atoms. The van der Waals surface area contributed by atoms with E-state index >= 15 is 0 Å². The Kier molecular flexibility index (Phi) is 8.37. The van der Waals surface area contributed by atoms with Gasteiger partial charge in [0.2, 0.25) is 0 Å². The number of amides is 3. The summed E-state index contributed by atoms with van der Waals surface area (Å²) in [6.07, 6.45) is 1.35. The van der Waals surface area contributed by atoms with Crippen LogP contribution in [0.15, 0.2) is 71.8 Å². The van der Waals surface area contributed by atoms with Gasteiger partial charge in [-0.2, -0.15) is 5.10 Å². The smallest absolute Gasteiger partial charge is 0.329 e. The molecule has 0 radical (unpaired) electrons. The number of ether oxygens (including phenoxy) is 1. The highest BCUT2D eigenvalue weighted by molar-refractivity contribution is 6.41. The fourth-order valence-corrected chi connectivity index (χ4v) is 2.99. The molecule has 0 aliphatic heterocycles. The maximum atomic E-state index is 12.2. The van der Waals surface area contributed by atoms with Crippen LogP contribution < -0.4 is 20.8 Å². The van der Waals surface area contributed by atoms with Crippen molar-refractivity contribution in [3.8, 4) is 5.75 Å². The molecule has 34 heavy (non-hydrogen) atoms. The minimum atomic E-state index is -0.952. The van der Waals surface area contributed by atoms with Gasteiger partial charge in [0.15, 0.2) is 6.61 Å². The highest BCUT2D eigenvalue weighted by Crippen LogP contribution is 2.20. The molecular weight excluding hydrogens is 456 g/mol. The first kappa shape index (κ1) is 24.5. The van der Waals surface area contributed by atoms with Crippen molar-refractivity contribution >= 4 is 46.9 Å². The van der Waals surface area contributed by atoms with E-state index in [1.807, 2.05) is 32.0 Å². The monoisotopic (exact) mass is 478 g/mol. The third-order valence-electron chi connectivity index (χ3n) is 4.73. The number of nitrogens with one attached hydrogen (secondary N) is 3. The molecule has 3 aromatic rings.